The van der Waals surface area contributed by atoms with Gasteiger partial charge in [-0.3, -0.25) is 9.89 Å². The van der Waals surface area contributed by atoms with E-state index in [1.54, 1.807) is 4.68 Å². The largest absolute Gasteiger partial charge is 0.295 e. The Morgan fingerprint density at radius 2 is 2.15 bits per heavy atom. The second-order valence-electron chi connectivity index (χ2n) is 5.21. The summed E-state index contributed by atoms with van der Waals surface area (Å²) in [6, 6.07) is 13.1. The highest BCUT2D eigenvalue weighted by molar-refractivity contribution is 8.00. The molecule has 10 heteroatoms. The number of H-pyrrole nitrogens is 1. The van der Waals surface area contributed by atoms with E-state index < -0.39 is 0 Å². The summed E-state index contributed by atoms with van der Waals surface area (Å²) in [7, 11) is 0. The van der Waals surface area contributed by atoms with E-state index in [9.17, 15) is 4.79 Å². The molecule has 26 heavy (non-hydrogen) atoms. The number of benzene rings is 1. The third-order valence-corrected chi connectivity index (χ3v) is 5.94. The van der Waals surface area contributed by atoms with Crippen LogP contribution in [-0.4, -0.2) is 24.4 Å². The Balaban J connectivity index is 1.60. The number of aromatic amines is 1. The van der Waals surface area contributed by atoms with E-state index in [2.05, 4.69) is 15.2 Å². The van der Waals surface area contributed by atoms with Crippen molar-refractivity contribution in [2.75, 3.05) is 0 Å². The summed E-state index contributed by atoms with van der Waals surface area (Å²) < 4.78 is 4.41. The van der Waals surface area contributed by atoms with Crippen molar-refractivity contribution in [2.45, 2.75) is 10.1 Å². The molecule has 0 fully saturated rings. The first-order chi connectivity index (χ1) is 12.7. The van der Waals surface area contributed by atoms with E-state index in [1.165, 1.54) is 39.9 Å². The molecule has 0 aliphatic rings. The van der Waals surface area contributed by atoms with Gasteiger partial charge in [-0.05, 0) is 24.4 Å². The molecule has 0 aliphatic carbocycles. The van der Waals surface area contributed by atoms with Crippen LogP contribution in [-0.2, 0) is 5.75 Å². The van der Waals surface area contributed by atoms with Gasteiger partial charge in [-0.15, -0.1) is 5.10 Å². The van der Waals surface area contributed by atoms with Crippen molar-refractivity contribution in [3.05, 3.63) is 68.2 Å². The minimum Gasteiger partial charge on any atom is -0.295 e. The zero-order valence-corrected chi connectivity index (χ0v) is 15.6. The van der Waals surface area contributed by atoms with E-state index >= 15 is 0 Å². The molecule has 0 saturated carbocycles. The van der Waals surface area contributed by atoms with Crippen LogP contribution >= 0.6 is 35.3 Å². The molecule has 0 spiro atoms. The van der Waals surface area contributed by atoms with Crippen LogP contribution in [0.1, 0.15) is 11.3 Å². The van der Waals surface area contributed by atoms with Gasteiger partial charge in [-0.2, -0.15) is 5.26 Å². The van der Waals surface area contributed by atoms with Crippen molar-refractivity contribution < 1.29 is 0 Å². The van der Waals surface area contributed by atoms with Gasteiger partial charge in [0.2, 0.25) is 0 Å². The fraction of sp³-hybridized carbons (Fsp3) is 0.0625. The van der Waals surface area contributed by atoms with Crippen molar-refractivity contribution in [3.63, 3.8) is 0 Å². The highest BCUT2D eigenvalue weighted by Crippen LogP contribution is 2.26. The maximum absolute atomic E-state index is 12.1. The molecule has 3 aromatic heterocycles. The number of rotatable bonds is 4. The Hall–Kier alpha value is -2.74. The van der Waals surface area contributed by atoms with E-state index in [0.29, 0.717) is 26.6 Å². The van der Waals surface area contributed by atoms with E-state index in [0.717, 1.165) is 10.0 Å². The first-order valence-electron chi connectivity index (χ1n) is 7.44. The van der Waals surface area contributed by atoms with Gasteiger partial charge in [0, 0.05) is 18.0 Å². The molecule has 0 unspecified atom stereocenters. The van der Waals surface area contributed by atoms with Gasteiger partial charge in [0.25, 0.3) is 5.56 Å². The van der Waals surface area contributed by atoms with Crippen LogP contribution in [0.3, 0.4) is 0 Å². The third-order valence-electron chi connectivity index (χ3n) is 3.54. The number of thioether (sulfide) groups is 1. The molecule has 0 saturated heterocycles. The maximum Gasteiger partial charge on any atom is 0.272 e. The zero-order chi connectivity index (χ0) is 18.1. The summed E-state index contributed by atoms with van der Waals surface area (Å²) in [5.74, 6) is 0.457. The fourth-order valence-corrected chi connectivity index (χ4v) is 4.63. The molecule has 1 aromatic carbocycles. The van der Waals surface area contributed by atoms with Crippen LogP contribution in [0.15, 0.2) is 51.7 Å². The second kappa shape index (κ2) is 6.87. The van der Waals surface area contributed by atoms with Crippen molar-refractivity contribution in [1.82, 2.24) is 24.4 Å². The van der Waals surface area contributed by atoms with Gasteiger partial charge in [0.05, 0.1) is 11.4 Å². The highest BCUT2D eigenvalue weighted by Gasteiger charge is 2.11. The number of fused-ring (bicyclic) bond motifs is 1. The number of hydrogen-bond acceptors (Lipinski definition) is 7. The third kappa shape index (κ3) is 3.08. The Morgan fingerprint density at radius 3 is 2.92 bits per heavy atom. The number of hydrogen-bond donors (Lipinski definition) is 1. The molecular formula is C16H10N6OS3. The average Bonchev–Trinajstić information content (AvgIpc) is 3.24. The summed E-state index contributed by atoms with van der Waals surface area (Å²) in [5, 5.41) is 16.4. The van der Waals surface area contributed by atoms with Gasteiger partial charge in [0.15, 0.2) is 13.9 Å². The Bertz CT molecular complexity index is 1240. The highest BCUT2D eigenvalue weighted by atomic mass is 32.2. The summed E-state index contributed by atoms with van der Waals surface area (Å²) in [5.41, 5.74) is 1.90. The average molecular weight is 398 g/mol. The van der Waals surface area contributed by atoms with Crippen LogP contribution in [0.4, 0.5) is 0 Å². The molecular weight excluding hydrogens is 388 g/mol. The molecule has 7 nitrogen and oxygen atoms in total. The lowest BCUT2D eigenvalue weighted by atomic mass is 10.3. The number of nitrogens with zero attached hydrogens (tertiary/aromatic N) is 5. The summed E-state index contributed by atoms with van der Waals surface area (Å²) in [6.45, 7) is 0. The quantitative estimate of drug-likeness (QED) is 0.419. The summed E-state index contributed by atoms with van der Waals surface area (Å²) >= 11 is 8.25. The minimum atomic E-state index is -0.255. The molecule has 1 N–H and O–H groups in total. The van der Waals surface area contributed by atoms with E-state index in [1.807, 2.05) is 36.4 Å². The van der Waals surface area contributed by atoms with Crippen molar-refractivity contribution in [2.24, 2.45) is 0 Å². The predicted molar refractivity (Wildman–Crippen MR) is 102 cm³/mol. The van der Waals surface area contributed by atoms with Crippen molar-refractivity contribution in [1.29, 1.82) is 5.26 Å². The van der Waals surface area contributed by atoms with Gasteiger partial charge >= 0.3 is 0 Å². The molecule has 4 rings (SSSR count). The van der Waals surface area contributed by atoms with Crippen LogP contribution in [0, 0.1) is 15.3 Å². The van der Waals surface area contributed by atoms with E-state index in [-0.39, 0.29) is 5.56 Å². The molecule has 128 valence electrons. The molecule has 0 amide bonds. The predicted octanol–water partition coefficient (Wildman–Crippen LogP) is 3.16. The lowest BCUT2D eigenvalue weighted by Crippen LogP contribution is -2.15. The van der Waals surface area contributed by atoms with Gasteiger partial charge < -0.3 is 0 Å². The molecule has 0 atom stereocenters. The Morgan fingerprint density at radius 1 is 1.35 bits per heavy atom. The number of aromatic nitrogens is 5. The van der Waals surface area contributed by atoms with Crippen LogP contribution in [0.5, 0.6) is 0 Å². The van der Waals surface area contributed by atoms with Gasteiger partial charge in [-0.25, -0.2) is 14.2 Å². The van der Waals surface area contributed by atoms with Crippen molar-refractivity contribution >= 4 is 41.0 Å². The lowest BCUT2D eigenvalue weighted by molar-refractivity contribution is 0.829. The van der Waals surface area contributed by atoms with Crippen LogP contribution in [0.25, 0.3) is 11.3 Å². The molecule has 3 heterocycles. The smallest absolute Gasteiger partial charge is 0.272 e. The maximum atomic E-state index is 12.1. The fourth-order valence-electron chi connectivity index (χ4n) is 2.37. The van der Waals surface area contributed by atoms with E-state index in [4.69, 9.17) is 17.5 Å². The molecule has 0 bridgehead atoms. The first-order valence-corrected chi connectivity index (χ1v) is 9.65. The number of para-hydroxylation sites is 1. The monoisotopic (exact) mass is 398 g/mol. The SMILES string of the molecule is N#Cc1c[nH]n2c(=O)cc(CSc3nn(-c4ccccc4)c(=S)s3)nc12. The van der Waals surface area contributed by atoms with Crippen LogP contribution < -0.4 is 5.56 Å². The number of nitriles is 1. The second-order valence-corrected chi connectivity index (χ2v) is 8.06. The standard InChI is InChI=1S/C16H10N6OS3/c17-7-10-8-18-22-13(23)6-11(19-14(10)22)9-25-15-20-21(16(24)26-15)12-4-2-1-3-5-12/h1-6,8,18H,9H2. The first kappa shape index (κ1) is 16.7. The normalized spacial score (nSPS) is 10.9. The Kier molecular flexibility index (Phi) is 4.42. The topological polar surface area (TPSA) is 91.8 Å². The van der Waals surface area contributed by atoms with Crippen molar-refractivity contribution in [3.8, 4) is 11.8 Å². The van der Waals surface area contributed by atoms with Gasteiger partial charge in [-0.1, -0.05) is 41.3 Å². The number of nitrogens with one attached hydrogen (secondary N) is 1. The molecule has 0 aliphatic heterocycles. The zero-order valence-electron chi connectivity index (χ0n) is 13.1. The van der Waals surface area contributed by atoms with Crippen LogP contribution in [0.2, 0.25) is 0 Å². The summed E-state index contributed by atoms with van der Waals surface area (Å²) in [6.07, 6.45) is 1.47. The molecule has 0 radical (unpaired) electrons. The molecule has 4 aromatic rings. The summed E-state index contributed by atoms with van der Waals surface area (Å²) in [4.78, 5) is 16.5. The van der Waals surface area contributed by atoms with Gasteiger partial charge in [0.1, 0.15) is 11.6 Å². The lowest BCUT2D eigenvalue weighted by Gasteiger charge is -2.00. The minimum absolute atomic E-state index is 0.255. The Labute approximate surface area is 160 Å².